The second-order valence-corrected chi connectivity index (χ2v) is 4.82. The first-order valence-electron chi connectivity index (χ1n) is 6.76. The van der Waals surface area contributed by atoms with E-state index in [9.17, 15) is 14.0 Å². The van der Waals surface area contributed by atoms with Crippen molar-refractivity contribution in [3.8, 4) is 22.8 Å². The van der Waals surface area contributed by atoms with Gasteiger partial charge in [-0.25, -0.2) is 14.2 Å². The summed E-state index contributed by atoms with van der Waals surface area (Å²) in [6.07, 6.45) is 1.59. The molecule has 0 unspecified atom stereocenters. The van der Waals surface area contributed by atoms with Crippen LogP contribution < -0.4 is 11.2 Å². The molecule has 0 radical (unpaired) electrons. The Morgan fingerprint density at radius 1 is 1.18 bits per heavy atom. The molecule has 0 spiro atoms. The highest BCUT2D eigenvalue weighted by molar-refractivity contribution is 5.63. The number of halogens is 1. The van der Waals surface area contributed by atoms with Crippen molar-refractivity contribution in [3.05, 3.63) is 57.1 Å². The molecule has 0 atom stereocenters. The summed E-state index contributed by atoms with van der Waals surface area (Å²) in [6.45, 7) is 2.31. The van der Waals surface area contributed by atoms with Crippen LogP contribution in [0.25, 0.3) is 22.8 Å². The van der Waals surface area contributed by atoms with Crippen LogP contribution in [0.2, 0.25) is 0 Å². The monoisotopic (exact) mass is 300 g/mol. The standard InChI is InChI=1S/C15H13FN4O2/c1-3-20-8-11(9-6-4-5-7-10(9)16)17-12-13(20)18-15(22)19(2)14(12)21/h4-8H,3H2,1-2H3. The van der Waals surface area contributed by atoms with E-state index in [0.29, 0.717) is 17.8 Å². The second kappa shape index (κ2) is 5.18. The van der Waals surface area contributed by atoms with Crippen LogP contribution in [0.4, 0.5) is 4.39 Å². The number of hydrogen-bond donors (Lipinski definition) is 0. The first-order valence-corrected chi connectivity index (χ1v) is 6.76. The summed E-state index contributed by atoms with van der Waals surface area (Å²) in [4.78, 5) is 32.0. The largest absolute Gasteiger partial charge is 0.352 e. The van der Waals surface area contributed by atoms with Crippen LogP contribution in [0, 0.1) is 5.82 Å². The van der Waals surface area contributed by atoms with Gasteiger partial charge in [-0.1, -0.05) is 12.1 Å². The summed E-state index contributed by atoms with van der Waals surface area (Å²) in [6, 6.07) is 6.19. The van der Waals surface area contributed by atoms with Gasteiger partial charge >= 0.3 is 5.69 Å². The molecule has 1 aromatic rings. The van der Waals surface area contributed by atoms with Crippen molar-refractivity contribution in [3.63, 3.8) is 0 Å². The Hall–Kier alpha value is -2.83. The molecule has 3 rings (SSSR count). The van der Waals surface area contributed by atoms with E-state index in [1.807, 2.05) is 6.92 Å². The summed E-state index contributed by atoms with van der Waals surface area (Å²) in [5.41, 5.74) is -0.523. The average molecular weight is 300 g/mol. The Morgan fingerprint density at radius 2 is 1.91 bits per heavy atom. The van der Waals surface area contributed by atoms with Gasteiger partial charge in [-0.3, -0.25) is 9.36 Å². The maximum absolute atomic E-state index is 14.0. The number of aromatic nitrogens is 4. The Kier molecular flexibility index (Phi) is 3.32. The minimum Gasteiger partial charge on any atom is -0.329 e. The van der Waals surface area contributed by atoms with Gasteiger partial charge in [-0.2, -0.15) is 4.98 Å². The molecule has 22 heavy (non-hydrogen) atoms. The zero-order valence-electron chi connectivity index (χ0n) is 12.1. The van der Waals surface area contributed by atoms with Crippen LogP contribution in [0.5, 0.6) is 0 Å². The van der Waals surface area contributed by atoms with Crippen molar-refractivity contribution in [2.24, 2.45) is 7.05 Å². The van der Waals surface area contributed by atoms with Gasteiger partial charge in [-0.15, -0.1) is 0 Å². The molecule has 6 nitrogen and oxygen atoms in total. The van der Waals surface area contributed by atoms with Gasteiger partial charge in [0, 0.05) is 25.4 Å². The van der Waals surface area contributed by atoms with Gasteiger partial charge in [0.1, 0.15) is 5.82 Å². The van der Waals surface area contributed by atoms with Crippen molar-refractivity contribution in [1.82, 2.24) is 19.1 Å². The fourth-order valence-corrected chi connectivity index (χ4v) is 2.26. The van der Waals surface area contributed by atoms with E-state index >= 15 is 0 Å². The van der Waals surface area contributed by atoms with E-state index in [1.165, 1.54) is 13.1 Å². The number of fused-ring (bicyclic) bond motifs is 1. The van der Waals surface area contributed by atoms with Crippen molar-refractivity contribution in [1.29, 1.82) is 0 Å². The minimum absolute atomic E-state index is 0.0460. The molecule has 7 heteroatoms. The van der Waals surface area contributed by atoms with E-state index in [0.717, 1.165) is 4.57 Å². The lowest BCUT2D eigenvalue weighted by molar-refractivity contribution is 0.629. The van der Waals surface area contributed by atoms with Crippen molar-refractivity contribution in [2.75, 3.05) is 0 Å². The third-order valence-electron chi connectivity index (χ3n) is 3.48. The molecule has 1 aromatic carbocycles. The third-order valence-corrected chi connectivity index (χ3v) is 3.48. The molecule has 0 N–H and O–H groups in total. The predicted molar refractivity (Wildman–Crippen MR) is 79.2 cm³/mol. The van der Waals surface area contributed by atoms with Gasteiger partial charge in [0.15, 0.2) is 11.5 Å². The van der Waals surface area contributed by atoms with E-state index in [1.54, 1.807) is 29.0 Å². The maximum atomic E-state index is 14.0. The maximum Gasteiger partial charge on any atom is 0.352 e. The molecule has 2 aliphatic heterocycles. The SMILES string of the molecule is CCn1cc(-c2ccccc2F)nc2c(=O)n(C)c(=O)nc1-2. The van der Waals surface area contributed by atoms with Crippen LogP contribution in [-0.4, -0.2) is 19.1 Å². The molecule has 0 fully saturated rings. The van der Waals surface area contributed by atoms with Gasteiger partial charge in [-0.05, 0) is 19.1 Å². The molecule has 0 aliphatic carbocycles. The fourth-order valence-electron chi connectivity index (χ4n) is 2.26. The lowest BCUT2D eigenvalue weighted by Crippen LogP contribution is -2.36. The van der Waals surface area contributed by atoms with E-state index in [-0.39, 0.29) is 11.5 Å². The number of hydrogen-bond acceptors (Lipinski definition) is 4. The molecule has 0 aromatic heterocycles. The van der Waals surface area contributed by atoms with Gasteiger partial charge < -0.3 is 4.57 Å². The number of aryl methyl sites for hydroxylation is 1. The normalized spacial score (nSPS) is 11.0. The fraction of sp³-hybridized carbons (Fsp3) is 0.200. The lowest BCUT2D eigenvalue weighted by Gasteiger charge is -2.14. The summed E-state index contributed by atoms with van der Waals surface area (Å²) >= 11 is 0. The Balaban J connectivity index is 2.41. The molecular formula is C15H13FN4O2. The molecule has 0 bridgehead atoms. The smallest absolute Gasteiger partial charge is 0.329 e. The minimum atomic E-state index is -0.639. The summed E-state index contributed by atoms with van der Waals surface area (Å²) in [5.74, 6) is -0.224. The molecule has 2 aliphatic rings. The van der Waals surface area contributed by atoms with Crippen molar-refractivity contribution >= 4 is 0 Å². The van der Waals surface area contributed by atoms with Crippen molar-refractivity contribution < 1.29 is 4.39 Å². The molecule has 0 saturated carbocycles. The Morgan fingerprint density at radius 3 is 2.59 bits per heavy atom. The van der Waals surface area contributed by atoms with Crippen LogP contribution >= 0.6 is 0 Å². The average Bonchev–Trinajstić information content (AvgIpc) is 2.52. The first-order chi connectivity index (χ1) is 10.5. The molecular weight excluding hydrogens is 287 g/mol. The molecule has 0 saturated heterocycles. The zero-order valence-corrected chi connectivity index (χ0v) is 12.1. The molecule has 0 amide bonds. The second-order valence-electron chi connectivity index (χ2n) is 4.82. The Bertz CT molecular complexity index is 945. The first kappa shape index (κ1) is 14.1. The molecule has 112 valence electrons. The summed E-state index contributed by atoms with van der Waals surface area (Å²) in [5, 5.41) is 0. The highest BCUT2D eigenvalue weighted by atomic mass is 19.1. The third kappa shape index (κ3) is 2.11. The number of nitrogens with zero attached hydrogens (tertiary/aromatic N) is 4. The van der Waals surface area contributed by atoms with E-state index < -0.39 is 17.1 Å². The molecule has 2 heterocycles. The lowest BCUT2D eigenvalue weighted by atomic mass is 10.1. The Labute approximate surface area is 124 Å². The summed E-state index contributed by atoms with van der Waals surface area (Å²) < 4.78 is 16.5. The van der Waals surface area contributed by atoms with Crippen LogP contribution in [0.15, 0.2) is 40.1 Å². The zero-order chi connectivity index (χ0) is 15.9. The topological polar surface area (TPSA) is 69.8 Å². The van der Waals surface area contributed by atoms with E-state index in [2.05, 4.69) is 9.97 Å². The van der Waals surface area contributed by atoms with Crippen LogP contribution in [-0.2, 0) is 13.6 Å². The number of benzene rings is 1. The van der Waals surface area contributed by atoms with E-state index in [4.69, 9.17) is 0 Å². The van der Waals surface area contributed by atoms with Crippen molar-refractivity contribution in [2.45, 2.75) is 13.5 Å². The predicted octanol–water partition coefficient (Wildman–Crippen LogP) is 1.27. The quantitative estimate of drug-likeness (QED) is 0.714. The van der Waals surface area contributed by atoms with Gasteiger partial charge in [0.05, 0.1) is 5.69 Å². The highest BCUT2D eigenvalue weighted by Crippen LogP contribution is 2.23. The van der Waals surface area contributed by atoms with Gasteiger partial charge in [0.25, 0.3) is 5.56 Å². The summed E-state index contributed by atoms with van der Waals surface area (Å²) in [7, 11) is 1.34. The van der Waals surface area contributed by atoms with Crippen LogP contribution in [0.3, 0.4) is 0 Å². The van der Waals surface area contributed by atoms with Crippen LogP contribution in [0.1, 0.15) is 6.92 Å². The van der Waals surface area contributed by atoms with Gasteiger partial charge in [0.2, 0.25) is 0 Å². The highest BCUT2D eigenvalue weighted by Gasteiger charge is 2.19. The number of rotatable bonds is 2.